The lowest BCUT2D eigenvalue weighted by Crippen LogP contribution is -2.65. The largest absolute Gasteiger partial charge is 0.463 e. The molecule has 0 aliphatic carbocycles. The molecule has 5 atom stereocenters. The van der Waals surface area contributed by atoms with Gasteiger partial charge in [-0.15, -0.1) is 11.6 Å². The Morgan fingerprint density at radius 1 is 0.967 bits per heavy atom. The third-order valence-electron chi connectivity index (χ3n) is 3.66. The molecule has 1 aliphatic rings. The number of amides is 2. The summed E-state index contributed by atoms with van der Waals surface area (Å²) in [6.07, 6.45) is -3.47. The molecule has 1 fully saturated rings. The van der Waals surface area contributed by atoms with Crippen LogP contribution in [0.25, 0.3) is 0 Å². The van der Waals surface area contributed by atoms with Crippen molar-refractivity contribution >= 4 is 52.4 Å². The fraction of sp³-hybridized carbons (Fsp3) is 0.706. The summed E-state index contributed by atoms with van der Waals surface area (Å²) >= 11 is 6.24. The second-order valence-corrected chi connectivity index (χ2v) is 7.69. The highest BCUT2D eigenvalue weighted by Gasteiger charge is 2.51. The lowest BCUT2D eigenvalue weighted by molar-refractivity contribution is -0.211. The zero-order valence-electron chi connectivity index (χ0n) is 17.0. The molecule has 1 heterocycles. The Kier molecular flexibility index (Phi) is 10.9. The third kappa shape index (κ3) is 8.76. The van der Waals surface area contributed by atoms with Crippen LogP contribution >= 0.6 is 23.4 Å². The molecule has 1 aliphatic heterocycles. The number of carbonyl (C=O) groups excluding carboxylic acids is 5. The molecular formula is C17H25ClN2O9S. The first-order valence-electron chi connectivity index (χ1n) is 8.96. The molecule has 0 aromatic rings. The Hall–Kier alpha value is -2.05. The van der Waals surface area contributed by atoms with Crippen molar-refractivity contribution < 1.29 is 42.9 Å². The monoisotopic (exact) mass is 468 g/mol. The van der Waals surface area contributed by atoms with Crippen LogP contribution in [0.4, 0.5) is 4.79 Å². The Morgan fingerprint density at radius 3 is 2.07 bits per heavy atom. The number of alkyl halides is 1. The molecule has 2 N–H and O–H groups in total. The van der Waals surface area contributed by atoms with Gasteiger partial charge in [-0.05, 0) is 11.8 Å². The SMILES string of the molecule is CC(=O)N[C@@H]1[C@@H](OC(C)=O)[C@H](OC(C)=O)[C@H](COC(C)=O)O[C@@H]1SC(=O)NCCCl. The van der Waals surface area contributed by atoms with Gasteiger partial charge < -0.3 is 29.6 Å². The Balaban J connectivity index is 3.27. The molecule has 0 bridgehead atoms. The van der Waals surface area contributed by atoms with E-state index in [4.69, 9.17) is 30.5 Å². The number of esters is 3. The maximum absolute atomic E-state index is 12.2. The van der Waals surface area contributed by atoms with Gasteiger partial charge in [0.15, 0.2) is 12.2 Å². The average molecular weight is 469 g/mol. The van der Waals surface area contributed by atoms with E-state index >= 15 is 0 Å². The highest BCUT2D eigenvalue weighted by Crippen LogP contribution is 2.32. The number of nitrogens with one attached hydrogen (secondary N) is 2. The van der Waals surface area contributed by atoms with Crippen LogP contribution in [0.1, 0.15) is 27.7 Å². The summed E-state index contributed by atoms with van der Waals surface area (Å²) < 4.78 is 21.4. The van der Waals surface area contributed by atoms with Crippen LogP contribution in [0.2, 0.25) is 0 Å². The van der Waals surface area contributed by atoms with Gasteiger partial charge in [-0.3, -0.25) is 24.0 Å². The molecule has 0 unspecified atom stereocenters. The molecular weight excluding hydrogens is 444 g/mol. The minimum absolute atomic E-state index is 0.187. The molecule has 30 heavy (non-hydrogen) atoms. The van der Waals surface area contributed by atoms with Crippen LogP contribution in [0.5, 0.6) is 0 Å². The van der Waals surface area contributed by atoms with E-state index in [1.54, 1.807) is 0 Å². The number of hydrogen-bond acceptors (Lipinski definition) is 10. The molecule has 1 saturated heterocycles. The van der Waals surface area contributed by atoms with E-state index in [2.05, 4.69) is 10.6 Å². The first-order valence-corrected chi connectivity index (χ1v) is 10.4. The molecule has 0 spiro atoms. The maximum Gasteiger partial charge on any atom is 0.303 e. The summed E-state index contributed by atoms with van der Waals surface area (Å²) in [6, 6.07) is -1.05. The zero-order valence-corrected chi connectivity index (χ0v) is 18.5. The molecule has 1 rings (SSSR count). The van der Waals surface area contributed by atoms with E-state index in [0.29, 0.717) is 11.8 Å². The smallest absolute Gasteiger partial charge is 0.303 e. The number of ether oxygens (including phenoxy) is 4. The van der Waals surface area contributed by atoms with E-state index in [9.17, 15) is 24.0 Å². The van der Waals surface area contributed by atoms with Gasteiger partial charge in [0.1, 0.15) is 24.2 Å². The van der Waals surface area contributed by atoms with Gasteiger partial charge in [0.05, 0.1) is 0 Å². The van der Waals surface area contributed by atoms with E-state index in [1.165, 1.54) is 13.8 Å². The highest BCUT2D eigenvalue weighted by atomic mass is 35.5. The van der Waals surface area contributed by atoms with Gasteiger partial charge in [0.2, 0.25) is 5.91 Å². The van der Waals surface area contributed by atoms with Crippen molar-refractivity contribution in [3.05, 3.63) is 0 Å². The predicted molar refractivity (Wildman–Crippen MR) is 106 cm³/mol. The van der Waals surface area contributed by atoms with E-state index in [0.717, 1.165) is 13.8 Å². The Bertz CT molecular complexity index is 663. The van der Waals surface area contributed by atoms with Crippen LogP contribution in [0.3, 0.4) is 0 Å². The van der Waals surface area contributed by atoms with Crippen molar-refractivity contribution in [1.82, 2.24) is 10.6 Å². The molecule has 13 heteroatoms. The molecule has 0 saturated carbocycles. The van der Waals surface area contributed by atoms with Gasteiger partial charge in [-0.2, -0.15) is 0 Å². The first kappa shape index (κ1) is 26.0. The van der Waals surface area contributed by atoms with Gasteiger partial charge in [-0.25, -0.2) is 0 Å². The summed E-state index contributed by atoms with van der Waals surface area (Å²) in [7, 11) is 0. The average Bonchev–Trinajstić information content (AvgIpc) is 2.62. The minimum atomic E-state index is -1.21. The first-order chi connectivity index (χ1) is 14.0. The van der Waals surface area contributed by atoms with Crippen LogP contribution in [0.15, 0.2) is 0 Å². The van der Waals surface area contributed by atoms with E-state index in [1.807, 2.05) is 0 Å². The minimum Gasteiger partial charge on any atom is -0.463 e. The molecule has 0 aromatic carbocycles. The quantitative estimate of drug-likeness (QED) is 0.290. The van der Waals surface area contributed by atoms with Crippen LogP contribution in [-0.4, -0.2) is 77.9 Å². The van der Waals surface area contributed by atoms with Gasteiger partial charge >= 0.3 is 17.9 Å². The summed E-state index contributed by atoms with van der Waals surface area (Å²) in [4.78, 5) is 58.6. The van der Waals surface area contributed by atoms with Crippen molar-refractivity contribution in [2.75, 3.05) is 19.0 Å². The second-order valence-electron chi connectivity index (χ2n) is 6.24. The fourth-order valence-corrected chi connectivity index (χ4v) is 3.75. The van der Waals surface area contributed by atoms with Crippen molar-refractivity contribution in [2.45, 2.75) is 57.5 Å². The summed E-state index contributed by atoms with van der Waals surface area (Å²) in [5.74, 6) is -2.34. The highest BCUT2D eigenvalue weighted by molar-refractivity contribution is 8.14. The molecule has 11 nitrogen and oxygen atoms in total. The molecule has 2 amide bonds. The number of rotatable bonds is 8. The summed E-state index contributed by atoms with van der Waals surface area (Å²) in [5.41, 5.74) is -1.05. The van der Waals surface area contributed by atoms with Gasteiger partial charge in [0, 0.05) is 40.1 Å². The third-order valence-corrected chi connectivity index (χ3v) is 4.84. The maximum atomic E-state index is 12.2. The summed E-state index contributed by atoms with van der Waals surface area (Å²) in [6.45, 7) is 4.55. The lowest BCUT2D eigenvalue weighted by atomic mass is 9.97. The number of thioether (sulfide) groups is 1. The molecule has 0 aromatic heterocycles. The van der Waals surface area contributed by atoms with Crippen LogP contribution in [0, 0.1) is 0 Å². The topological polar surface area (TPSA) is 146 Å². The number of carbonyl (C=O) groups is 5. The van der Waals surface area contributed by atoms with Crippen molar-refractivity contribution in [3.8, 4) is 0 Å². The van der Waals surface area contributed by atoms with Crippen LogP contribution < -0.4 is 10.6 Å². The van der Waals surface area contributed by atoms with E-state index < -0.39 is 58.8 Å². The summed E-state index contributed by atoms with van der Waals surface area (Å²) in [5, 5.41) is 4.60. The number of halogens is 1. The zero-order chi connectivity index (χ0) is 22.8. The van der Waals surface area contributed by atoms with Gasteiger partial charge in [-0.1, -0.05) is 0 Å². The van der Waals surface area contributed by atoms with Crippen molar-refractivity contribution in [2.24, 2.45) is 0 Å². The molecule has 0 radical (unpaired) electrons. The van der Waals surface area contributed by atoms with E-state index in [-0.39, 0.29) is 19.0 Å². The van der Waals surface area contributed by atoms with Crippen molar-refractivity contribution in [3.63, 3.8) is 0 Å². The van der Waals surface area contributed by atoms with Crippen LogP contribution in [-0.2, 0) is 38.1 Å². The second kappa shape index (κ2) is 12.6. The Labute approximate surface area is 182 Å². The number of hydrogen-bond donors (Lipinski definition) is 2. The Morgan fingerprint density at radius 2 is 1.57 bits per heavy atom. The van der Waals surface area contributed by atoms with Crippen molar-refractivity contribution in [1.29, 1.82) is 0 Å². The fourth-order valence-electron chi connectivity index (χ4n) is 2.69. The molecule has 170 valence electrons. The predicted octanol–water partition coefficient (Wildman–Crippen LogP) is 0.324. The van der Waals surface area contributed by atoms with Gasteiger partial charge in [0.25, 0.3) is 5.24 Å². The normalized spacial score (nSPS) is 25.6. The standard InChI is InChI=1S/C17H25ClN2O9S/c1-8(21)20-13-15(28-11(4)24)14(27-10(3)23)12(7-26-9(2)22)29-16(13)30-17(25)19-6-5-18/h12-16H,5-7H2,1-4H3,(H,19,25)(H,20,21)/t12-,13+,14+,15+,16+/m0/s1. The lowest BCUT2D eigenvalue weighted by Gasteiger charge is -2.44.